The van der Waals surface area contributed by atoms with Gasteiger partial charge in [0, 0.05) is 19.0 Å². The van der Waals surface area contributed by atoms with Crippen LogP contribution in [0, 0.1) is 0 Å². The number of fused-ring (bicyclic) bond motifs is 1. The number of amides is 1. The van der Waals surface area contributed by atoms with E-state index >= 15 is 0 Å². The van der Waals surface area contributed by atoms with Crippen molar-refractivity contribution in [3.05, 3.63) is 35.8 Å². The van der Waals surface area contributed by atoms with E-state index in [1.54, 1.807) is 12.2 Å². The molecule has 0 aromatic carbocycles. The van der Waals surface area contributed by atoms with Gasteiger partial charge >= 0.3 is 21.6 Å². The zero-order valence-corrected chi connectivity index (χ0v) is 21.9. The maximum absolute atomic E-state index is 13.3. The van der Waals surface area contributed by atoms with Gasteiger partial charge < -0.3 is 10.5 Å². The van der Waals surface area contributed by atoms with Gasteiger partial charge in [0.1, 0.15) is 11.3 Å². The van der Waals surface area contributed by atoms with E-state index in [4.69, 9.17) is 45.3 Å². The molecule has 16 heteroatoms. The van der Waals surface area contributed by atoms with Crippen LogP contribution in [-0.4, -0.2) is 69.5 Å². The number of carbonyl (C=O) groups excluding carboxylic acids is 2. The van der Waals surface area contributed by atoms with Crippen molar-refractivity contribution in [3.63, 3.8) is 0 Å². The summed E-state index contributed by atoms with van der Waals surface area (Å²) in [4.78, 5) is 29.4. The summed E-state index contributed by atoms with van der Waals surface area (Å²) in [5.74, 6) is -0.712. The van der Waals surface area contributed by atoms with Gasteiger partial charge in [0.25, 0.3) is 9.58 Å². The van der Waals surface area contributed by atoms with E-state index in [0.29, 0.717) is 5.70 Å². The minimum Gasteiger partial charge on any atom is -0.443 e. The highest BCUT2D eigenvalue weighted by molar-refractivity contribution is 7.90. The minimum atomic E-state index is -6.09. The van der Waals surface area contributed by atoms with E-state index < -0.39 is 52.1 Å². The first kappa shape index (κ1) is 29.6. The second kappa shape index (κ2) is 10.0. The molecule has 0 bridgehead atoms. The molecule has 0 saturated heterocycles. The maximum atomic E-state index is 13.3. The van der Waals surface area contributed by atoms with Crippen LogP contribution in [0.25, 0.3) is 0 Å². The standard InChI is InChI=1S/C19H23Cl3F3N4O5S/c1-17(2,3)34-16(31)28(35(32,33)19(23,24)25)8-5-9-29-12(10-26)6-4-7-14(29)27-11-13(29)15(30)18(20,21)22/h4,6-7,11H,5,8-10,26H2,1-3H3/q+1. The summed E-state index contributed by atoms with van der Waals surface area (Å²) in [6, 6.07) is 0. The van der Waals surface area contributed by atoms with Crippen molar-refractivity contribution in [1.29, 1.82) is 0 Å². The van der Waals surface area contributed by atoms with Gasteiger partial charge in [-0.3, -0.25) is 4.79 Å². The molecule has 1 atom stereocenters. The number of hydrogen-bond acceptors (Lipinski definition) is 7. The van der Waals surface area contributed by atoms with Gasteiger partial charge in [-0.1, -0.05) is 34.8 Å². The summed E-state index contributed by atoms with van der Waals surface area (Å²) >= 11 is 17.3. The van der Waals surface area contributed by atoms with Crippen LogP contribution in [0.4, 0.5) is 18.0 Å². The number of nitrogens with zero attached hydrogens (tertiary/aromatic N) is 3. The SMILES string of the molecule is CC(C)(C)OC(=O)N(CCC[N+]12C(CN)=CC=CC1=NC=C2C(=O)C(Cl)(Cl)Cl)S(=O)(=O)C(F)(F)F. The van der Waals surface area contributed by atoms with Gasteiger partial charge in [-0.25, -0.2) is 9.28 Å². The fraction of sp³-hybridized carbons (Fsp3) is 0.526. The van der Waals surface area contributed by atoms with E-state index in [2.05, 4.69) is 4.99 Å². The molecule has 0 aromatic rings. The number of halogens is 6. The highest BCUT2D eigenvalue weighted by Crippen LogP contribution is 2.41. The number of aliphatic imine (C=N–C) groups is 1. The Morgan fingerprint density at radius 3 is 2.29 bits per heavy atom. The van der Waals surface area contributed by atoms with Crippen LogP contribution in [0.3, 0.4) is 0 Å². The van der Waals surface area contributed by atoms with Crippen molar-refractivity contribution in [2.24, 2.45) is 10.7 Å². The highest BCUT2D eigenvalue weighted by Gasteiger charge is 2.55. The van der Waals surface area contributed by atoms with Gasteiger partial charge in [0.05, 0.1) is 19.3 Å². The molecule has 9 nitrogen and oxygen atoms in total. The highest BCUT2D eigenvalue weighted by atomic mass is 35.6. The van der Waals surface area contributed by atoms with E-state index in [0.717, 1.165) is 6.20 Å². The van der Waals surface area contributed by atoms with Crippen molar-refractivity contribution in [3.8, 4) is 0 Å². The Kier molecular flexibility index (Phi) is 8.47. The molecule has 0 aromatic heterocycles. The van der Waals surface area contributed by atoms with E-state index in [-0.39, 0.29) is 31.0 Å². The predicted octanol–water partition coefficient (Wildman–Crippen LogP) is 3.89. The molecule has 196 valence electrons. The lowest BCUT2D eigenvalue weighted by molar-refractivity contribution is -0.754. The second-order valence-corrected chi connectivity index (χ2v) is 12.6. The summed E-state index contributed by atoms with van der Waals surface area (Å²) in [7, 11) is -6.09. The summed E-state index contributed by atoms with van der Waals surface area (Å²) in [5, 5.41) is 0. The van der Waals surface area contributed by atoms with Crippen molar-refractivity contribution >= 4 is 62.5 Å². The molecule has 2 rings (SSSR count). The zero-order chi connectivity index (χ0) is 27.0. The van der Waals surface area contributed by atoms with Crippen LogP contribution < -0.4 is 5.73 Å². The van der Waals surface area contributed by atoms with Crippen LogP contribution in [-0.2, 0) is 19.6 Å². The first-order valence-electron chi connectivity index (χ1n) is 9.97. The van der Waals surface area contributed by atoms with E-state index in [1.807, 2.05) is 0 Å². The van der Waals surface area contributed by atoms with Crippen LogP contribution in [0.15, 0.2) is 40.8 Å². The van der Waals surface area contributed by atoms with E-state index in [9.17, 15) is 31.2 Å². The average Bonchev–Trinajstić information content (AvgIpc) is 3.06. The number of alkyl halides is 6. The monoisotopic (exact) mass is 581 g/mol. The number of quaternary nitrogens is 1. The number of ketones is 1. The number of carbonyl (C=O) groups is 2. The van der Waals surface area contributed by atoms with Gasteiger partial charge in [-0.15, -0.1) is 0 Å². The maximum Gasteiger partial charge on any atom is 0.516 e. The Hall–Kier alpha value is -1.64. The lowest BCUT2D eigenvalue weighted by Gasteiger charge is -2.38. The lowest BCUT2D eigenvalue weighted by Crippen LogP contribution is -2.55. The fourth-order valence-corrected chi connectivity index (χ4v) is 4.61. The normalized spacial score (nSPS) is 20.6. The van der Waals surface area contributed by atoms with Crippen molar-refractivity contribution < 1.29 is 40.4 Å². The molecule has 2 aliphatic rings. The smallest absolute Gasteiger partial charge is 0.443 e. The van der Waals surface area contributed by atoms with Crippen LogP contribution in [0.5, 0.6) is 0 Å². The van der Waals surface area contributed by atoms with Crippen LogP contribution >= 0.6 is 34.8 Å². The van der Waals surface area contributed by atoms with Gasteiger partial charge in [-0.05, 0) is 32.9 Å². The van der Waals surface area contributed by atoms with Crippen molar-refractivity contribution in [1.82, 2.24) is 4.31 Å². The number of Topliss-reactive ketones (excluding diaryl/α,β-unsaturated/α-hetero) is 1. The molecule has 2 heterocycles. The second-order valence-electron chi connectivity index (χ2n) is 8.44. The molecular formula is C19H23Cl3F3N4O5S+. The first-order valence-corrected chi connectivity index (χ1v) is 12.5. The molecule has 35 heavy (non-hydrogen) atoms. The number of nitrogens with two attached hydrogens (primary N) is 1. The molecule has 0 aliphatic carbocycles. The molecule has 2 aliphatic heterocycles. The Morgan fingerprint density at radius 1 is 1.20 bits per heavy atom. The quantitative estimate of drug-likeness (QED) is 0.359. The molecule has 0 radical (unpaired) electrons. The Balaban J connectivity index is 2.44. The molecule has 0 saturated carbocycles. The first-order chi connectivity index (χ1) is 15.8. The topological polar surface area (TPSA) is 119 Å². The summed E-state index contributed by atoms with van der Waals surface area (Å²) < 4.78 is 65.7. The molecular weight excluding hydrogens is 560 g/mol. The lowest BCUT2D eigenvalue weighted by atomic mass is 10.1. The Bertz CT molecular complexity index is 1120. The number of ether oxygens (including phenoxy) is 1. The summed E-state index contributed by atoms with van der Waals surface area (Å²) in [6.07, 6.45) is 3.75. The van der Waals surface area contributed by atoms with Crippen molar-refractivity contribution in [2.45, 2.75) is 42.1 Å². The van der Waals surface area contributed by atoms with Crippen LogP contribution in [0.1, 0.15) is 27.2 Å². The summed E-state index contributed by atoms with van der Waals surface area (Å²) in [6.45, 7) is 2.81. The number of rotatable bonds is 7. The average molecular weight is 583 g/mol. The molecule has 1 amide bonds. The Labute approximate surface area is 215 Å². The van der Waals surface area contributed by atoms with Gasteiger partial charge in [-0.2, -0.15) is 30.9 Å². The number of amidine groups is 1. The largest absolute Gasteiger partial charge is 0.516 e. The van der Waals surface area contributed by atoms with Crippen LogP contribution in [0.2, 0.25) is 0 Å². The third-order valence-electron chi connectivity index (χ3n) is 4.88. The number of sulfonamides is 1. The van der Waals surface area contributed by atoms with Crippen molar-refractivity contribution in [2.75, 3.05) is 19.6 Å². The number of allylic oxidation sites excluding steroid dienone is 3. The minimum absolute atomic E-state index is 0.121. The third-order valence-corrected chi connectivity index (χ3v) is 6.89. The molecule has 2 N–H and O–H groups in total. The fourth-order valence-electron chi connectivity index (χ4n) is 3.47. The third kappa shape index (κ3) is 6.03. The summed E-state index contributed by atoms with van der Waals surface area (Å²) in [5.41, 5.74) is -0.940. The van der Waals surface area contributed by atoms with Gasteiger partial charge in [0.2, 0.25) is 11.5 Å². The Morgan fingerprint density at radius 2 is 1.80 bits per heavy atom. The molecule has 1 unspecified atom stereocenters. The van der Waals surface area contributed by atoms with Gasteiger partial charge in [0.15, 0.2) is 0 Å². The zero-order valence-electron chi connectivity index (χ0n) is 18.8. The molecule has 0 spiro atoms. The number of hydrogen-bond donors (Lipinski definition) is 1. The molecule has 0 fully saturated rings. The van der Waals surface area contributed by atoms with E-state index in [1.165, 1.54) is 26.8 Å². The predicted molar refractivity (Wildman–Crippen MR) is 125 cm³/mol.